The molecule has 0 aliphatic carbocycles. The van der Waals surface area contributed by atoms with E-state index in [0.717, 1.165) is 0 Å². The van der Waals surface area contributed by atoms with E-state index in [1.165, 1.54) is 17.8 Å². The van der Waals surface area contributed by atoms with Crippen LogP contribution in [0.2, 0.25) is 20.1 Å². The molecule has 0 spiro atoms. The van der Waals surface area contributed by atoms with Crippen LogP contribution in [0.1, 0.15) is 36.1 Å². The molecule has 12 heteroatoms. The van der Waals surface area contributed by atoms with Crippen LogP contribution in [0.15, 0.2) is 41.6 Å². The van der Waals surface area contributed by atoms with Gasteiger partial charge in [0, 0.05) is 17.8 Å². The molecule has 0 aliphatic heterocycles. The number of rotatable bonds is 8. The van der Waals surface area contributed by atoms with E-state index < -0.39 is 6.04 Å². The van der Waals surface area contributed by atoms with E-state index in [0.29, 0.717) is 48.9 Å². The van der Waals surface area contributed by atoms with Crippen molar-refractivity contribution in [1.82, 2.24) is 20.1 Å². The van der Waals surface area contributed by atoms with Gasteiger partial charge in [0.2, 0.25) is 5.91 Å². The Morgan fingerprint density at radius 2 is 1.67 bits per heavy atom. The molecule has 0 unspecified atom stereocenters. The van der Waals surface area contributed by atoms with E-state index in [9.17, 15) is 9.59 Å². The first kappa shape index (κ1) is 25.6. The van der Waals surface area contributed by atoms with Crippen LogP contribution < -0.4 is 10.6 Å². The fourth-order valence-corrected chi connectivity index (χ4v) is 4.31. The molecule has 1 heterocycles. The Kier molecular flexibility index (Phi) is 8.89. The lowest BCUT2D eigenvalue weighted by atomic mass is 10.2. The lowest BCUT2D eigenvalue weighted by Crippen LogP contribution is -2.28. The topological polar surface area (TPSA) is 88.9 Å². The average molecular weight is 547 g/mol. The third-order valence-corrected chi connectivity index (χ3v) is 6.96. The van der Waals surface area contributed by atoms with Gasteiger partial charge in [-0.25, -0.2) is 0 Å². The highest BCUT2D eigenvalue weighted by Crippen LogP contribution is 2.26. The van der Waals surface area contributed by atoms with Crippen molar-refractivity contribution in [2.24, 2.45) is 0 Å². The summed E-state index contributed by atoms with van der Waals surface area (Å²) in [5.41, 5.74) is 0.929. The van der Waals surface area contributed by atoms with E-state index in [2.05, 4.69) is 20.8 Å². The third kappa shape index (κ3) is 6.55. The predicted molar refractivity (Wildman–Crippen MR) is 134 cm³/mol. The highest BCUT2D eigenvalue weighted by atomic mass is 35.5. The summed E-state index contributed by atoms with van der Waals surface area (Å²) in [5, 5.41) is 16.0. The maximum atomic E-state index is 12.6. The number of nitrogens with one attached hydrogen (secondary N) is 2. The normalized spacial score (nSPS) is 11.8. The number of amides is 2. The minimum Gasteiger partial charge on any atom is -0.342 e. The SMILES string of the molecule is CCn1c(SCC(=O)Nc2ccc(Cl)c(Cl)c2)nnc1[C@@H](C)NC(=O)c1ccc(Cl)c(Cl)c1. The number of hydrogen-bond donors (Lipinski definition) is 2. The molecular formula is C21H19Cl4N5O2S. The summed E-state index contributed by atoms with van der Waals surface area (Å²) in [6, 6.07) is 9.09. The number of carbonyl (C=O) groups is 2. The van der Waals surface area contributed by atoms with E-state index in [4.69, 9.17) is 46.4 Å². The third-order valence-electron chi connectivity index (χ3n) is 4.51. The first-order valence-electron chi connectivity index (χ1n) is 9.76. The van der Waals surface area contributed by atoms with Gasteiger partial charge < -0.3 is 15.2 Å². The Balaban J connectivity index is 1.63. The average Bonchev–Trinajstić information content (AvgIpc) is 3.19. The van der Waals surface area contributed by atoms with Gasteiger partial charge in [-0.15, -0.1) is 10.2 Å². The molecule has 0 saturated carbocycles. The summed E-state index contributed by atoms with van der Waals surface area (Å²) < 4.78 is 1.84. The Hall–Kier alpha value is -1.97. The summed E-state index contributed by atoms with van der Waals surface area (Å²) >= 11 is 25.0. The molecule has 2 aromatic carbocycles. The van der Waals surface area contributed by atoms with Crippen molar-refractivity contribution < 1.29 is 9.59 Å². The van der Waals surface area contributed by atoms with Gasteiger partial charge in [0.25, 0.3) is 5.91 Å². The van der Waals surface area contributed by atoms with Crippen molar-refractivity contribution in [2.45, 2.75) is 31.6 Å². The Morgan fingerprint density at radius 3 is 2.30 bits per heavy atom. The predicted octanol–water partition coefficient (Wildman–Crippen LogP) is 6.13. The van der Waals surface area contributed by atoms with E-state index >= 15 is 0 Å². The number of hydrogen-bond acceptors (Lipinski definition) is 5. The largest absolute Gasteiger partial charge is 0.342 e. The zero-order valence-electron chi connectivity index (χ0n) is 17.5. The lowest BCUT2D eigenvalue weighted by Gasteiger charge is -2.15. The summed E-state index contributed by atoms with van der Waals surface area (Å²) in [5.74, 6) is 0.134. The fourth-order valence-electron chi connectivity index (χ4n) is 2.91. The molecule has 0 fully saturated rings. The van der Waals surface area contributed by atoms with E-state index in [1.54, 1.807) is 37.3 Å². The Labute approximate surface area is 215 Å². The number of anilines is 1. The quantitative estimate of drug-likeness (QED) is 0.331. The zero-order chi connectivity index (χ0) is 24.1. The monoisotopic (exact) mass is 545 g/mol. The van der Waals surface area contributed by atoms with Crippen LogP contribution in [0.25, 0.3) is 0 Å². The maximum Gasteiger partial charge on any atom is 0.251 e. The van der Waals surface area contributed by atoms with E-state index in [-0.39, 0.29) is 17.6 Å². The summed E-state index contributed by atoms with van der Waals surface area (Å²) in [6.07, 6.45) is 0. The minimum atomic E-state index is -0.432. The van der Waals surface area contributed by atoms with E-state index in [1.807, 2.05) is 11.5 Å². The van der Waals surface area contributed by atoms with Gasteiger partial charge in [0.1, 0.15) is 0 Å². The smallest absolute Gasteiger partial charge is 0.251 e. The highest BCUT2D eigenvalue weighted by molar-refractivity contribution is 7.99. The van der Waals surface area contributed by atoms with Gasteiger partial charge in [0.15, 0.2) is 11.0 Å². The Bertz CT molecular complexity index is 1190. The van der Waals surface area contributed by atoms with Crippen LogP contribution in [0, 0.1) is 0 Å². The lowest BCUT2D eigenvalue weighted by molar-refractivity contribution is -0.113. The minimum absolute atomic E-state index is 0.113. The van der Waals surface area contributed by atoms with Crippen LogP contribution in [-0.4, -0.2) is 32.3 Å². The van der Waals surface area contributed by atoms with Crippen LogP contribution in [-0.2, 0) is 11.3 Å². The number of benzene rings is 2. The fraction of sp³-hybridized carbons (Fsp3) is 0.238. The second-order valence-electron chi connectivity index (χ2n) is 6.87. The van der Waals surface area contributed by atoms with Crippen molar-refractivity contribution in [1.29, 1.82) is 0 Å². The summed E-state index contributed by atoms with van der Waals surface area (Å²) in [7, 11) is 0. The first-order valence-corrected chi connectivity index (χ1v) is 12.3. The number of carbonyl (C=O) groups excluding carboxylic acids is 2. The molecule has 0 saturated heterocycles. The van der Waals surface area contributed by atoms with Gasteiger partial charge in [-0.1, -0.05) is 58.2 Å². The number of thioether (sulfide) groups is 1. The second kappa shape index (κ2) is 11.4. The van der Waals surface area contributed by atoms with Crippen molar-refractivity contribution in [3.05, 3.63) is 67.9 Å². The van der Waals surface area contributed by atoms with Gasteiger partial charge in [-0.05, 0) is 50.2 Å². The molecule has 7 nitrogen and oxygen atoms in total. The molecule has 2 N–H and O–H groups in total. The number of aromatic nitrogens is 3. The molecule has 174 valence electrons. The van der Waals surface area contributed by atoms with Crippen LogP contribution in [0.3, 0.4) is 0 Å². The van der Waals surface area contributed by atoms with Gasteiger partial charge in [-0.3, -0.25) is 9.59 Å². The van der Waals surface area contributed by atoms with Crippen LogP contribution in [0.4, 0.5) is 5.69 Å². The molecule has 1 aromatic heterocycles. The molecule has 33 heavy (non-hydrogen) atoms. The molecule has 3 rings (SSSR count). The molecule has 3 aromatic rings. The molecular weight excluding hydrogens is 528 g/mol. The number of nitrogens with zero attached hydrogens (tertiary/aromatic N) is 3. The van der Waals surface area contributed by atoms with Crippen molar-refractivity contribution in [3.63, 3.8) is 0 Å². The van der Waals surface area contributed by atoms with Gasteiger partial charge >= 0.3 is 0 Å². The molecule has 1 atom stereocenters. The number of halogens is 4. The maximum absolute atomic E-state index is 12.6. The standard InChI is InChI=1S/C21H19Cl4N5O2S/c1-3-30-19(11(2)26-20(32)12-4-6-14(22)16(24)8-12)28-29-21(30)33-10-18(31)27-13-5-7-15(23)17(25)9-13/h4-9,11H,3,10H2,1-2H3,(H,26,32)(H,27,31)/t11-/m1/s1. The van der Waals surface area contributed by atoms with Crippen LogP contribution in [0.5, 0.6) is 0 Å². The molecule has 0 aliphatic rings. The Morgan fingerprint density at radius 1 is 1.00 bits per heavy atom. The summed E-state index contributed by atoms with van der Waals surface area (Å²) in [6.45, 7) is 4.29. The summed E-state index contributed by atoms with van der Waals surface area (Å²) in [4.78, 5) is 24.9. The van der Waals surface area contributed by atoms with Crippen molar-refractivity contribution >= 4 is 75.7 Å². The zero-order valence-corrected chi connectivity index (χ0v) is 21.4. The molecule has 0 radical (unpaired) electrons. The first-order chi connectivity index (χ1) is 15.7. The second-order valence-corrected chi connectivity index (χ2v) is 9.45. The van der Waals surface area contributed by atoms with Gasteiger partial charge in [-0.2, -0.15) is 0 Å². The van der Waals surface area contributed by atoms with Crippen LogP contribution >= 0.6 is 58.2 Å². The van der Waals surface area contributed by atoms with Gasteiger partial charge in [0.05, 0.1) is 31.9 Å². The highest BCUT2D eigenvalue weighted by Gasteiger charge is 2.20. The molecule has 2 amide bonds. The molecule has 0 bridgehead atoms. The van der Waals surface area contributed by atoms with Crippen molar-refractivity contribution in [3.8, 4) is 0 Å². The van der Waals surface area contributed by atoms with Crippen molar-refractivity contribution in [2.75, 3.05) is 11.1 Å².